The first-order valence-electron chi connectivity index (χ1n) is 6.34. The maximum absolute atomic E-state index is 5.84. The Labute approximate surface area is 105 Å². The summed E-state index contributed by atoms with van der Waals surface area (Å²) in [6.07, 6.45) is 2.17. The lowest BCUT2D eigenvalue weighted by Gasteiger charge is -2.17. The molecule has 0 aromatic heterocycles. The van der Waals surface area contributed by atoms with Crippen LogP contribution in [-0.2, 0) is 6.42 Å². The Morgan fingerprint density at radius 1 is 1.18 bits per heavy atom. The highest BCUT2D eigenvalue weighted by Crippen LogP contribution is 2.26. The molecule has 17 heavy (non-hydrogen) atoms. The molecule has 1 aromatic rings. The molecule has 0 saturated carbocycles. The number of rotatable bonds is 5. The Kier molecular flexibility index (Phi) is 5.01. The average Bonchev–Trinajstić information content (AvgIpc) is 2.24. The quantitative estimate of drug-likeness (QED) is 0.850. The number of methoxy groups -OCH3 is 1. The van der Waals surface area contributed by atoms with E-state index >= 15 is 0 Å². The standard InChI is InChI=1S/C15H25NO/c1-10(8-11(2)16)9-14-6-7-15(17-5)13(4)12(14)3/h6-7,10-11H,8-9,16H2,1-5H3. The average molecular weight is 235 g/mol. The van der Waals surface area contributed by atoms with Crippen molar-refractivity contribution < 1.29 is 4.74 Å². The Bertz CT molecular complexity index is 371. The van der Waals surface area contributed by atoms with Gasteiger partial charge in [0.25, 0.3) is 0 Å². The van der Waals surface area contributed by atoms with Gasteiger partial charge in [-0.25, -0.2) is 0 Å². The number of hydrogen-bond acceptors (Lipinski definition) is 2. The smallest absolute Gasteiger partial charge is 0.122 e. The van der Waals surface area contributed by atoms with E-state index < -0.39 is 0 Å². The molecule has 0 heterocycles. The molecule has 0 aliphatic carbocycles. The molecule has 0 aliphatic heterocycles. The van der Waals surface area contributed by atoms with Crippen molar-refractivity contribution in [3.05, 3.63) is 28.8 Å². The molecule has 0 spiro atoms. The van der Waals surface area contributed by atoms with Gasteiger partial charge in [-0.3, -0.25) is 0 Å². The molecule has 1 aromatic carbocycles. The Balaban J connectivity index is 2.82. The van der Waals surface area contributed by atoms with E-state index in [-0.39, 0.29) is 6.04 Å². The monoisotopic (exact) mass is 235 g/mol. The summed E-state index contributed by atoms with van der Waals surface area (Å²) in [6.45, 7) is 8.63. The fourth-order valence-corrected chi connectivity index (χ4v) is 2.39. The zero-order chi connectivity index (χ0) is 13.0. The van der Waals surface area contributed by atoms with Crippen LogP contribution in [-0.4, -0.2) is 13.2 Å². The largest absolute Gasteiger partial charge is 0.496 e. The SMILES string of the molecule is COc1ccc(CC(C)CC(C)N)c(C)c1C. The minimum Gasteiger partial charge on any atom is -0.496 e. The van der Waals surface area contributed by atoms with E-state index in [0.29, 0.717) is 5.92 Å². The van der Waals surface area contributed by atoms with Gasteiger partial charge in [0.05, 0.1) is 7.11 Å². The lowest BCUT2D eigenvalue weighted by atomic mass is 9.91. The molecule has 2 N–H and O–H groups in total. The van der Waals surface area contributed by atoms with E-state index in [0.717, 1.165) is 18.6 Å². The van der Waals surface area contributed by atoms with Crippen LogP contribution in [0.1, 0.15) is 37.0 Å². The van der Waals surface area contributed by atoms with E-state index in [4.69, 9.17) is 10.5 Å². The molecule has 2 nitrogen and oxygen atoms in total. The summed E-state index contributed by atoms with van der Waals surface area (Å²) in [4.78, 5) is 0. The fourth-order valence-electron chi connectivity index (χ4n) is 2.39. The third-order valence-corrected chi connectivity index (χ3v) is 3.41. The highest BCUT2D eigenvalue weighted by atomic mass is 16.5. The second-order valence-electron chi connectivity index (χ2n) is 5.20. The van der Waals surface area contributed by atoms with E-state index in [1.807, 2.05) is 0 Å². The Hall–Kier alpha value is -1.02. The molecule has 96 valence electrons. The van der Waals surface area contributed by atoms with Crippen molar-refractivity contribution in [1.29, 1.82) is 0 Å². The predicted molar refractivity (Wildman–Crippen MR) is 73.6 cm³/mol. The lowest BCUT2D eigenvalue weighted by molar-refractivity contribution is 0.410. The van der Waals surface area contributed by atoms with Gasteiger partial charge in [-0.15, -0.1) is 0 Å². The lowest BCUT2D eigenvalue weighted by Crippen LogP contribution is -2.19. The third kappa shape index (κ3) is 3.74. The predicted octanol–water partition coefficient (Wildman–Crippen LogP) is 3.23. The van der Waals surface area contributed by atoms with Crippen molar-refractivity contribution >= 4 is 0 Å². The molecule has 0 bridgehead atoms. The molecule has 0 saturated heterocycles. The normalized spacial score (nSPS) is 14.5. The molecule has 0 amide bonds. The molecule has 2 heteroatoms. The first-order chi connectivity index (χ1) is 7.95. The zero-order valence-electron chi connectivity index (χ0n) is 11.7. The second kappa shape index (κ2) is 6.06. The molecule has 1 rings (SSSR count). The van der Waals surface area contributed by atoms with Gasteiger partial charge in [0, 0.05) is 6.04 Å². The summed E-state index contributed by atoms with van der Waals surface area (Å²) in [6, 6.07) is 4.53. The number of hydrogen-bond donors (Lipinski definition) is 1. The van der Waals surface area contributed by atoms with Crippen LogP contribution in [0, 0.1) is 19.8 Å². The van der Waals surface area contributed by atoms with Crippen molar-refractivity contribution in [2.45, 2.75) is 46.6 Å². The minimum atomic E-state index is 0.282. The molecule has 2 atom stereocenters. The highest BCUT2D eigenvalue weighted by Gasteiger charge is 2.11. The summed E-state index contributed by atoms with van der Waals surface area (Å²) in [5.74, 6) is 1.60. The topological polar surface area (TPSA) is 35.2 Å². The van der Waals surface area contributed by atoms with Gasteiger partial charge in [-0.1, -0.05) is 13.0 Å². The van der Waals surface area contributed by atoms with Crippen molar-refractivity contribution in [3.63, 3.8) is 0 Å². The summed E-state index contributed by atoms with van der Waals surface area (Å²) in [5.41, 5.74) is 9.85. The number of benzene rings is 1. The van der Waals surface area contributed by atoms with Gasteiger partial charge < -0.3 is 10.5 Å². The van der Waals surface area contributed by atoms with Crippen molar-refractivity contribution in [3.8, 4) is 5.75 Å². The van der Waals surface area contributed by atoms with Gasteiger partial charge >= 0.3 is 0 Å². The van der Waals surface area contributed by atoms with Gasteiger partial charge in [-0.2, -0.15) is 0 Å². The summed E-state index contributed by atoms with van der Waals surface area (Å²) in [5, 5.41) is 0. The maximum Gasteiger partial charge on any atom is 0.122 e. The highest BCUT2D eigenvalue weighted by molar-refractivity contribution is 5.43. The summed E-state index contributed by atoms with van der Waals surface area (Å²) >= 11 is 0. The number of nitrogens with two attached hydrogens (primary N) is 1. The Morgan fingerprint density at radius 2 is 1.82 bits per heavy atom. The van der Waals surface area contributed by atoms with E-state index in [9.17, 15) is 0 Å². The van der Waals surface area contributed by atoms with Crippen molar-refractivity contribution in [2.24, 2.45) is 11.7 Å². The molecular weight excluding hydrogens is 210 g/mol. The van der Waals surface area contributed by atoms with Crippen molar-refractivity contribution in [2.75, 3.05) is 7.11 Å². The maximum atomic E-state index is 5.84. The Morgan fingerprint density at radius 3 is 2.35 bits per heavy atom. The first-order valence-corrected chi connectivity index (χ1v) is 6.34. The van der Waals surface area contributed by atoms with Crippen LogP contribution in [0.15, 0.2) is 12.1 Å². The molecule has 0 radical (unpaired) electrons. The van der Waals surface area contributed by atoms with E-state index in [1.165, 1.54) is 16.7 Å². The van der Waals surface area contributed by atoms with Gasteiger partial charge in [0.15, 0.2) is 0 Å². The number of ether oxygens (including phenoxy) is 1. The van der Waals surface area contributed by atoms with Gasteiger partial charge in [0.1, 0.15) is 5.75 Å². The van der Waals surface area contributed by atoms with Crippen LogP contribution in [0.5, 0.6) is 5.75 Å². The zero-order valence-corrected chi connectivity index (χ0v) is 11.7. The van der Waals surface area contributed by atoms with Crippen molar-refractivity contribution in [1.82, 2.24) is 0 Å². The molecule has 0 fully saturated rings. The molecule has 2 unspecified atom stereocenters. The van der Waals surface area contributed by atoms with Gasteiger partial charge in [-0.05, 0) is 62.3 Å². The van der Waals surface area contributed by atoms with Crippen LogP contribution in [0.25, 0.3) is 0 Å². The van der Waals surface area contributed by atoms with E-state index in [1.54, 1.807) is 7.11 Å². The van der Waals surface area contributed by atoms with E-state index in [2.05, 4.69) is 39.8 Å². The molecule has 0 aliphatic rings. The second-order valence-corrected chi connectivity index (χ2v) is 5.20. The van der Waals surface area contributed by atoms with Crippen LogP contribution in [0.2, 0.25) is 0 Å². The summed E-state index contributed by atoms with van der Waals surface area (Å²) in [7, 11) is 1.72. The fraction of sp³-hybridized carbons (Fsp3) is 0.600. The summed E-state index contributed by atoms with van der Waals surface area (Å²) < 4.78 is 5.33. The molecular formula is C15H25NO. The third-order valence-electron chi connectivity index (χ3n) is 3.41. The van der Waals surface area contributed by atoms with Crippen LogP contribution < -0.4 is 10.5 Å². The first kappa shape index (κ1) is 14.0. The van der Waals surface area contributed by atoms with Crippen LogP contribution >= 0.6 is 0 Å². The minimum absolute atomic E-state index is 0.282. The van der Waals surface area contributed by atoms with Gasteiger partial charge in [0.2, 0.25) is 0 Å². The van der Waals surface area contributed by atoms with Crippen LogP contribution in [0.3, 0.4) is 0 Å². The van der Waals surface area contributed by atoms with Crippen LogP contribution in [0.4, 0.5) is 0 Å².